The molecule has 8 rings (SSSR count). The fourth-order valence-corrected chi connectivity index (χ4v) is 7.04. The Hall–Kier alpha value is -5.84. The monoisotopic (exact) mass is 640 g/mol. The third-order valence-electron chi connectivity index (χ3n) is 9.70. The quantitative estimate of drug-likeness (QED) is 0.221. The van der Waals surface area contributed by atoms with Crippen LogP contribution in [0.15, 0.2) is 85.1 Å². The molecule has 1 aliphatic carbocycles. The van der Waals surface area contributed by atoms with E-state index in [1.165, 1.54) is 4.90 Å². The lowest BCUT2D eigenvalue weighted by molar-refractivity contribution is -0.137. The summed E-state index contributed by atoms with van der Waals surface area (Å²) >= 11 is 0. The van der Waals surface area contributed by atoms with Gasteiger partial charge in [-0.05, 0) is 72.4 Å². The highest BCUT2D eigenvalue weighted by Gasteiger charge is 2.45. The first kappa shape index (κ1) is 29.6. The maximum atomic E-state index is 13.4. The number of rotatable bonds is 8. The third-order valence-corrected chi connectivity index (χ3v) is 9.70. The summed E-state index contributed by atoms with van der Waals surface area (Å²) in [6.07, 6.45) is 3.91. The third kappa shape index (κ3) is 5.17. The number of amides is 5. The first-order chi connectivity index (χ1) is 23.3. The van der Waals surface area contributed by atoms with Crippen LogP contribution >= 0.6 is 0 Å². The molecule has 240 valence electrons. The molecular formula is C37H32N6O5. The maximum absolute atomic E-state index is 13.4. The number of imide groups is 1. The van der Waals surface area contributed by atoms with Gasteiger partial charge in [-0.1, -0.05) is 42.5 Å². The molecule has 5 aromatic rings. The van der Waals surface area contributed by atoms with Gasteiger partial charge in [0.25, 0.3) is 11.8 Å². The summed E-state index contributed by atoms with van der Waals surface area (Å²) in [5.74, 6) is -1.44. The van der Waals surface area contributed by atoms with E-state index in [1.807, 2.05) is 65.2 Å². The Morgan fingerprint density at radius 3 is 2.52 bits per heavy atom. The minimum absolute atomic E-state index is 0.0755. The summed E-state index contributed by atoms with van der Waals surface area (Å²) in [7, 11) is 0. The van der Waals surface area contributed by atoms with E-state index in [2.05, 4.69) is 20.9 Å². The van der Waals surface area contributed by atoms with Crippen molar-refractivity contribution in [3.05, 3.63) is 113 Å². The summed E-state index contributed by atoms with van der Waals surface area (Å²) in [5.41, 5.74) is 4.83. The molecular weight excluding hydrogens is 608 g/mol. The lowest BCUT2D eigenvalue weighted by Crippen LogP contribution is -2.52. The zero-order valence-corrected chi connectivity index (χ0v) is 26.0. The Kier molecular flexibility index (Phi) is 7.05. The topological polar surface area (TPSA) is 142 Å². The van der Waals surface area contributed by atoms with Crippen LogP contribution < -0.4 is 16.0 Å². The summed E-state index contributed by atoms with van der Waals surface area (Å²) in [5, 5.41) is 10.6. The van der Waals surface area contributed by atoms with Crippen LogP contribution in [-0.4, -0.2) is 50.0 Å². The van der Waals surface area contributed by atoms with E-state index < -0.39 is 17.5 Å². The summed E-state index contributed by atoms with van der Waals surface area (Å²) < 4.78 is 1.97. The van der Waals surface area contributed by atoms with E-state index >= 15 is 0 Å². The van der Waals surface area contributed by atoms with Crippen molar-refractivity contribution in [1.82, 2.24) is 30.4 Å². The highest BCUT2D eigenvalue weighted by atomic mass is 16.2. The second-order valence-corrected chi connectivity index (χ2v) is 12.8. The number of fused-ring (bicyclic) bond motifs is 4. The van der Waals surface area contributed by atoms with Gasteiger partial charge in [0.1, 0.15) is 18.2 Å². The number of nitrogens with one attached hydrogen (secondary N) is 3. The molecule has 48 heavy (non-hydrogen) atoms. The van der Waals surface area contributed by atoms with E-state index in [-0.39, 0.29) is 49.6 Å². The molecule has 2 aromatic heterocycles. The number of nitrogens with zero attached hydrogens (tertiary/aromatic N) is 3. The van der Waals surface area contributed by atoms with Gasteiger partial charge >= 0.3 is 0 Å². The summed E-state index contributed by atoms with van der Waals surface area (Å²) in [4.78, 5) is 69.3. The molecule has 3 aliphatic rings. The van der Waals surface area contributed by atoms with Gasteiger partial charge in [0, 0.05) is 47.6 Å². The van der Waals surface area contributed by atoms with Gasteiger partial charge in [-0.2, -0.15) is 0 Å². The molecule has 0 radical (unpaired) electrons. The number of benzene rings is 3. The molecule has 5 amide bonds. The SMILES string of the molecule is O=C1CCC(N2Cc3cc(C(=O)NCc4ccc(C5(NC(=O)Cn6c7ccccc7c7cccnc76)CC5)cc4)ccc3C2=O)C(=O)N1. The predicted molar refractivity (Wildman–Crippen MR) is 176 cm³/mol. The number of carbonyl (C=O) groups excluding carboxylic acids is 5. The van der Waals surface area contributed by atoms with E-state index in [4.69, 9.17) is 0 Å². The van der Waals surface area contributed by atoms with E-state index in [9.17, 15) is 24.0 Å². The van der Waals surface area contributed by atoms with E-state index in [1.54, 1.807) is 24.4 Å². The van der Waals surface area contributed by atoms with Crippen molar-refractivity contribution in [2.45, 2.75) is 56.9 Å². The lowest BCUT2D eigenvalue weighted by atomic mass is 10.0. The molecule has 1 unspecified atom stereocenters. The van der Waals surface area contributed by atoms with Crippen LogP contribution in [0.25, 0.3) is 21.9 Å². The van der Waals surface area contributed by atoms with Gasteiger partial charge in [0.05, 0.1) is 11.1 Å². The normalized spacial score (nSPS) is 18.1. The van der Waals surface area contributed by atoms with Crippen LogP contribution in [-0.2, 0) is 39.6 Å². The molecule has 4 heterocycles. The Bertz CT molecular complexity index is 2110. The lowest BCUT2D eigenvalue weighted by Gasteiger charge is -2.29. The van der Waals surface area contributed by atoms with Crippen LogP contribution in [0.2, 0.25) is 0 Å². The zero-order chi connectivity index (χ0) is 33.0. The average Bonchev–Trinajstić information content (AvgIpc) is 3.72. The Morgan fingerprint density at radius 2 is 1.73 bits per heavy atom. The highest BCUT2D eigenvalue weighted by molar-refractivity contribution is 6.07. The highest BCUT2D eigenvalue weighted by Crippen LogP contribution is 2.45. The van der Waals surface area contributed by atoms with Crippen LogP contribution in [0.3, 0.4) is 0 Å². The van der Waals surface area contributed by atoms with Crippen molar-refractivity contribution in [2.24, 2.45) is 0 Å². The van der Waals surface area contributed by atoms with E-state index in [0.717, 1.165) is 45.9 Å². The Balaban J connectivity index is 0.894. The summed E-state index contributed by atoms with van der Waals surface area (Å²) in [6.45, 7) is 0.674. The molecule has 11 heteroatoms. The Morgan fingerprint density at radius 1 is 0.938 bits per heavy atom. The molecule has 1 atom stereocenters. The van der Waals surface area contributed by atoms with Crippen LogP contribution in [0.4, 0.5) is 0 Å². The molecule has 0 bridgehead atoms. The number of hydrogen-bond donors (Lipinski definition) is 3. The van der Waals surface area contributed by atoms with Gasteiger partial charge in [-0.25, -0.2) is 4.98 Å². The molecule has 3 N–H and O–H groups in total. The standard InChI is InChI=1S/C37H32N6O5/c44-31-14-13-30(35(47)40-31)43-20-24-18-23(9-12-26(24)36(43)48)34(46)39-19-22-7-10-25(11-8-22)37(15-16-37)41-32(45)21-42-29-6-2-1-4-27(29)28-5-3-17-38-33(28)42/h1-12,17-18,30H,13-16,19-21H2,(H,39,46)(H,41,45)(H,40,44,47). The smallest absolute Gasteiger partial charge is 0.255 e. The number of aromatic nitrogens is 2. The molecule has 1 saturated heterocycles. The van der Waals surface area contributed by atoms with E-state index in [0.29, 0.717) is 23.2 Å². The first-order valence-corrected chi connectivity index (χ1v) is 16.1. The van der Waals surface area contributed by atoms with Crippen molar-refractivity contribution in [2.75, 3.05) is 0 Å². The fourth-order valence-electron chi connectivity index (χ4n) is 7.04. The Labute approximate surface area is 275 Å². The van der Waals surface area contributed by atoms with Gasteiger partial charge in [0.15, 0.2) is 0 Å². The molecule has 2 fully saturated rings. The maximum Gasteiger partial charge on any atom is 0.255 e. The first-order valence-electron chi connectivity index (χ1n) is 16.1. The second-order valence-electron chi connectivity index (χ2n) is 12.8. The summed E-state index contributed by atoms with van der Waals surface area (Å²) in [6, 6.07) is 24.1. The van der Waals surface area contributed by atoms with Gasteiger partial charge in [-0.3, -0.25) is 29.3 Å². The number of piperidine rings is 1. The van der Waals surface area contributed by atoms with Crippen molar-refractivity contribution < 1.29 is 24.0 Å². The zero-order valence-electron chi connectivity index (χ0n) is 26.0. The van der Waals surface area contributed by atoms with Gasteiger partial charge in [-0.15, -0.1) is 0 Å². The molecule has 0 spiro atoms. The van der Waals surface area contributed by atoms with Crippen LogP contribution in [0.5, 0.6) is 0 Å². The molecule has 11 nitrogen and oxygen atoms in total. The van der Waals surface area contributed by atoms with Gasteiger partial charge in [0.2, 0.25) is 17.7 Å². The van der Waals surface area contributed by atoms with Crippen molar-refractivity contribution in [1.29, 1.82) is 0 Å². The molecule has 3 aromatic carbocycles. The number of pyridine rings is 1. The van der Waals surface area contributed by atoms with Crippen molar-refractivity contribution in [3.63, 3.8) is 0 Å². The molecule has 2 aliphatic heterocycles. The minimum Gasteiger partial charge on any atom is -0.348 e. The fraction of sp³-hybridized carbons (Fsp3) is 0.243. The second kappa shape index (κ2) is 11.4. The van der Waals surface area contributed by atoms with Gasteiger partial charge < -0.3 is 20.1 Å². The number of para-hydroxylation sites is 1. The average molecular weight is 641 g/mol. The predicted octanol–water partition coefficient (Wildman–Crippen LogP) is 3.69. The largest absolute Gasteiger partial charge is 0.348 e. The van der Waals surface area contributed by atoms with Crippen molar-refractivity contribution in [3.8, 4) is 0 Å². The number of carbonyl (C=O) groups is 5. The molecule has 1 saturated carbocycles. The number of hydrogen-bond acceptors (Lipinski definition) is 6. The minimum atomic E-state index is -0.705. The van der Waals surface area contributed by atoms with Crippen LogP contribution in [0, 0.1) is 0 Å². The van der Waals surface area contributed by atoms with Crippen molar-refractivity contribution >= 4 is 51.5 Å². The van der Waals surface area contributed by atoms with Crippen LogP contribution in [0.1, 0.15) is 63.1 Å².